The number of amides is 10. The maximum atomic E-state index is 13.1. The average Bonchev–Trinajstić information content (AvgIpc) is 0.782. The number of nitrogens with zero attached hydrogens (tertiary/aromatic N) is 3. The van der Waals surface area contributed by atoms with Crippen molar-refractivity contribution in [2.75, 3.05) is 73.2 Å². The van der Waals surface area contributed by atoms with Gasteiger partial charge >= 0.3 is 30.2 Å². The fraction of sp³-hybridized carbons (Fsp3) is 0.167. The highest BCUT2D eigenvalue weighted by Gasteiger charge is 2.38. The van der Waals surface area contributed by atoms with Crippen LogP contribution >= 0.6 is 11.6 Å². The average molecular weight is 1880 g/mol. The van der Waals surface area contributed by atoms with Crippen LogP contribution in [-0.4, -0.2) is 147 Å². The highest BCUT2D eigenvalue weighted by molar-refractivity contribution is 6.30. The molecule has 10 aliphatic heterocycles. The number of rotatable bonds is 19. The third-order valence-corrected chi connectivity index (χ3v) is 22.3. The summed E-state index contributed by atoms with van der Waals surface area (Å²) in [6, 6.07) is 50.4. The van der Waals surface area contributed by atoms with Gasteiger partial charge in [0.25, 0.3) is 17.1 Å². The van der Waals surface area contributed by atoms with Crippen molar-refractivity contribution in [3.63, 3.8) is 0 Å². The maximum absolute atomic E-state index is 13.1. The van der Waals surface area contributed by atoms with Gasteiger partial charge in [0.15, 0.2) is 86.4 Å². The topological polar surface area (TPSA) is 522 Å². The zero-order valence-electron chi connectivity index (χ0n) is 71.8. The van der Waals surface area contributed by atoms with Crippen LogP contribution in [-0.2, 0) is 0 Å². The van der Waals surface area contributed by atoms with Crippen LogP contribution in [0, 0.1) is 30.3 Å². The van der Waals surface area contributed by atoms with E-state index >= 15 is 0 Å². The van der Waals surface area contributed by atoms with Crippen molar-refractivity contribution in [1.82, 2.24) is 53.2 Å². The Hall–Kier alpha value is -18.1. The summed E-state index contributed by atoms with van der Waals surface area (Å²) in [5.41, 5.74) is 5.88. The molecule has 5 unspecified atom stereocenters. The molecular formula is C96H78ClN13O27. The number of urea groups is 5. The molecule has 0 spiro atoms. The monoisotopic (exact) mass is 1880 g/mol. The molecule has 0 radical (unpaired) electrons. The summed E-state index contributed by atoms with van der Waals surface area (Å²) in [5, 5.41) is 59.9. The predicted octanol–water partition coefficient (Wildman–Crippen LogP) is 13.3. The van der Waals surface area contributed by atoms with Gasteiger partial charge in [-0.25, -0.2) is 24.0 Å². The van der Waals surface area contributed by atoms with Crippen molar-refractivity contribution < 1.29 is 115 Å². The van der Waals surface area contributed by atoms with Gasteiger partial charge in [0.1, 0.15) is 71.8 Å². The number of nitro benzene ring substituents is 3. The van der Waals surface area contributed by atoms with Crippen LogP contribution in [0.3, 0.4) is 0 Å². The SMILES string of the molecule is COc1ccc(C2NC(=O)NC=C2C(=O)c2ccc3c(c2)OCCO3)cc1.O=C1NC=C(C(=O)c2ccc3c(c2)OCCO3)C(c2ccc(Cl)cc2)N1.O=C1NC=C(C(=O)c2ccc3c(c2)OCCO3)C(c2ccc([N+](=O)[O-])cc2)N1.O=C1NC=C(C(=O)c2ccc3c(c2)OCCO3)C(c2cccc([N+](=O)[O-])c2)N1.O=C1NC=C(C(=O)c2ccc3c(c2)OCCO3)C(c2ccccc2[N+](=O)[O-])N1. The van der Waals surface area contributed by atoms with Crippen LogP contribution in [0.4, 0.5) is 41.0 Å². The molecule has 0 saturated heterocycles. The number of hydrogen-bond donors (Lipinski definition) is 10. The Morgan fingerprint density at radius 1 is 0.299 bits per heavy atom. The normalized spacial score (nSPS) is 18.0. The molecule has 696 valence electrons. The van der Waals surface area contributed by atoms with Crippen molar-refractivity contribution in [3.8, 4) is 63.2 Å². The number of ketones is 5. The standard InChI is InChI=1S/C20H18N2O5.C19H15ClN2O4.3C19H15N3O6/c1-25-14-5-2-12(3-6-14)18-15(11-21-20(24)22-18)19(23)13-4-7-16-17(10-13)27-9-8-26-16;20-13-4-1-11(2-5-13)17-14(10-21-19(24)22-17)18(23)12-3-6-15-16(9-12)26-8-7-25-15;23-18(12-3-6-15-16(9-12)28-8-7-27-15)14-10-20-19(24)21-17(14)11-1-4-13(5-2-11)22(25)26;23-18(12-4-5-15-16(9-12)28-7-6-27-15)14-10-20-19(24)21-17(14)11-2-1-3-13(8-11)22(25)26;23-18(11-5-6-15-16(9-11)28-8-7-27-15)13-10-20-19(24)21-17(13)12-3-1-2-4-14(12)22(25)26/h2-7,10-11,18H,8-9H2,1H3,(H2,21,22,24);1-6,9-10,17H,7-8H2,(H2,21,22,24);1-6,9-10,17H,7-8H2,(H2,20,21,24);1-5,8-10,17H,6-7H2,(H2,20,21,24);1-6,9-10,17H,7-8H2,(H2,20,21,24). The van der Waals surface area contributed by atoms with Crippen LogP contribution in [0.5, 0.6) is 63.2 Å². The zero-order valence-corrected chi connectivity index (χ0v) is 72.6. The predicted molar refractivity (Wildman–Crippen MR) is 485 cm³/mol. The number of methoxy groups -OCH3 is 1. The van der Waals surface area contributed by atoms with E-state index < -0.39 is 68.9 Å². The number of para-hydroxylation sites is 1. The second-order valence-corrected chi connectivity index (χ2v) is 31.0. The first-order valence-electron chi connectivity index (χ1n) is 42.1. The first-order valence-corrected chi connectivity index (χ1v) is 42.4. The van der Waals surface area contributed by atoms with E-state index in [1.807, 2.05) is 12.1 Å². The molecule has 0 saturated carbocycles. The summed E-state index contributed by atoms with van der Waals surface area (Å²) in [6.45, 7) is 4.35. The van der Waals surface area contributed by atoms with Crippen molar-refractivity contribution in [1.29, 1.82) is 0 Å². The molecule has 10 amide bonds. The lowest BCUT2D eigenvalue weighted by atomic mass is 9.91. The Balaban J connectivity index is 0.000000124. The number of halogens is 1. The third kappa shape index (κ3) is 21.4. The van der Waals surface area contributed by atoms with Gasteiger partial charge in [0.2, 0.25) is 0 Å². The van der Waals surface area contributed by atoms with Gasteiger partial charge in [0, 0.05) is 122 Å². The summed E-state index contributed by atoms with van der Waals surface area (Å²) in [6.07, 6.45) is 6.84. The van der Waals surface area contributed by atoms with Crippen molar-refractivity contribution in [2.24, 2.45) is 0 Å². The molecule has 0 aliphatic carbocycles. The van der Waals surface area contributed by atoms with E-state index in [0.29, 0.717) is 190 Å². The molecular weight excluding hydrogens is 1800 g/mol. The molecule has 5 atom stereocenters. The molecule has 10 aliphatic rings. The van der Waals surface area contributed by atoms with Gasteiger partial charge in [0.05, 0.1) is 57.7 Å². The lowest BCUT2D eigenvalue weighted by Crippen LogP contribution is -2.42. The van der Waals surface area contributed by atoms with Crippen LogP contribution in [0.1, 0.15) is 110 Å². The first kappa shape index (κ1) is 92.2. The number of Topliss-reactive ketones (excluding diaryl/α,β-unsaturated/α-hetero) is 5. The van der Waals surface area contributed by atoms with E-state index in [0.717, 1.165) is 11.1 Å². The van der Waals surface area contributed by atoms with Crippen LogP contribution in [0.25, 0.3) is 0 Å². The van der Waals surface area contributed by atoms with Gasteiger partial charge < -0.3 is 105 Å². The summed E-state index contributed by atoms with van der Waals surface area (Å²) < 4.78 is 60.2. The fourth-order valence-corrected chi connectivity index (χ4v) is 15.5. The van der Waals surface area contributed by atoms with Gasteiger partial charge in [-0.1, -0.05) is 60.1 Å². The van der Waals surface area contributed by atoms with E-state index in [1.165, 1.54) is 91.7 Å². The first-order chi connectivity index (χ1) is 66.4. The summed E-state index contributed by atoms with van der Waals surface area (Å²) in [7, 11) is 1.58. The summed E-state index contributed by atoms with van der Waals surface area (Å²) in [4.78, 5) is 156. The van der Waals surface area contributed by atoms with E-state index in [1.54, 1.807) is 147 Å². The van der Waals surface area contributed by atoms with E-state index in [4.69, 9.17) is 63.7 Å². The molecule has 0 fully saturated rings. The Kier molecular flexibility index (Phi) is 28.0. The number of nitrogens with one attached hydrogen (secondary N) is 10. The third-order valence-electron chi connectivity index (χ3n) is 22.0. The minimum atomic E-state index is -0.962. The number of ether oxygens (including phenoxy) is 11. The molecule has 10 heterocycles. The smallest absolute Gasteiger partial charge is 0.319 e. The minimum Gasteiger partial charge on any atom is -0.497 e. The Morgan fingerprint density at radius 3 is 0.883 bits per heavy atom. The number of hydrogen-bond acceptors (Lipinski definition) is 27. The number of fused-ring (bicyclic) bond motifs is 5. The van der Waals surface area contributed by atoms with Crippen LogP contribution < -0.4 is 105 Å². The lowest BCUT2D eigenvalue weighted by Gasteiger charge is -2.26. The molecule has 10 N–H and O–H groups in total. The van der Waals surface area contributed by atoms with E-state index in [9.17, 15) is 78.3 Å². The number of carbonyl (C=O) groups excluding carboxylic acids is 10. The molecule has 20 rings (SSSR count). The van der Waals surface area contributed by atoms with Crippen molar-refractivity contribution in [2.45, 2.75) is 30.2 Å². The Bertz CT molecular complexity index is 6700. The Labute approximate surface area is 780 Å². The number of nitro groups is 3. The highest BCUT2D eigenvalue weighted by atomic mass is 35.5. The lowest BCUT2D eigenvalue weighted by molar-refractivity contribution is -0.385. The fourth-order valence-electron chi connectivity index (χ4n) is 15.4. The molecule has 0 bridgehead atoms. The van der Waals surface area contributed by atoms with Gasteiger partial charge in [-0.2, -0.15) is 0 Å². The number of non-ortho nitro benzene ring substituents is 2. The summed E-state index contributed by atoms with van der Waals surface area (Å²) >= 11 is 5.93. The second kappa shape index (κ2) is 41.6. The number of benzene rings is 10. The highest BCUT2D eigenvalue weighted by Crippen LogP contribution is 2.42. The molecule has 10 aromatic rings. The van der Waals surface area contributed by atoms with Crippen LogP contribution in [0.2, 0.25) is 5.02 Å². The van der Waals surface area contributed by atoms with E-state index in [-0.39, 0.29) is 69.0 Å². The van der Waals surface area contributed by atoms with Crippen LogP contribution in [0.15, 0.2) is 271 Å². The molecule has 0 aromatic heterocycles. The minimum absolute atomic E-state index is 0.0762. The largest absolute Gasteiger partial charge is 0.497 e. The molecule has 10 aromatic carbocycles. The van der Waals surface area contributed by atoms with Crippen molar-refractivity contribution in [3.05, 3.63) is 362 Å². The quantitative estimate of drug-likeness (QED) is 0.0204. The molecule has 137 heavy (non-hydrogen) atoms. The number of carbonyl (C=O) groups is 10. The Morgan fingerprint density at radius 2 is 0.577 bits per heavy atom. The zero-order chi connectivity index (χ0) is 95.9. The van der Waals surface area contributed by atoms with Gasteiger partial charge in [-0.15, -0.1) is 0 Å². The van der Waals surface area contributed by atoms with E-state index in [2.05, 4.69) is 53.2 Å². The molecule has 40 nitrogen and oxygen atoms in total. The van der Waals surface area contributed by atoms with Crippen molar-refractivity contribution >= 4 is 87.7 Å². The molecule has 41 heteroatoms. The second-order valence-electron chi connectivity index (χ2n) is 30.5. The summed E-state index contributed by atoms with van der Waals surface area (Å²) in [5.74, 6) is 4.61. The maximum Gasteiger partial charge on any atom is 0.319 e. The van der Waals surface area contributed by atoms with Gasteiger partial charge in [-0.3, -0.25) is 54.3 Å². The van der Waals surface area contributed by atoms with Gasteiger partial charge in [-0.05, 0) is 156 Å².